The van der Waals surface area contributed by atoms with E-state index >= 15 is 0 Å². The number of hydrogen-bond donors (Lipinski definition) is 2. The first-order valence-electron chi connectivity index (χ1n) is 6.98. The van der Waals surface area contributed by atoms with Crippen LogP contribution in [-0.2, 0) is 16.6 Å². The lowest BCUT2D eigenvalue weighted by Crippen LogP contribution is -2.53. The van der Waals surface area contributed by atoms with Gasteiger partial charge in [-0.3, -0.25) is 0 Å². The molecule has 1 fully saturated rings. The highest BCUT2D eigenvalue weighted by atomic mass is 32.2. The highest BCUT2D eigenvalue weighted by Gasteiger charge is 2.29. The van der Waals surface area contributed by atoms with Crippen LogP contribution >= 0.6 is 11.3 Å². The van der Waals surface area contributed by atoms with E-state index < -0.39 is 10.0 Å². The molecule has 2 unspecified atom stereocenters. The summed E-state index contributed by atoms with van der Waals surface area (Å²) in [5.41, 5.74) is 0. The van der Waals surface area contributed by atoms with Crippen LogP contribution in [-0.4, -0.2) is 32.6 Å². The molecule has 0 bridgehead atoms. The Morgan fingerprint density at radius 1 is 1.30 bits per heavy atom. The number of thiophene rings is 1. The average molecular weight is 317 g/mol. The smallest absolute Gasteiger partial charge is 0.262 e. The molecule has 0 spiro atoms. The van der Waals surface area contributed by atoms with Gasteiger partial charge in [-0.05, 0) is 45.9 Å². The molecule has 7 heteroatoms. The molecule has 0 amide bonds. The van der Waals surface area contributed by atoms with Crippen molar-refractivity contribution in [2.75, 3.05) is 7.05 Å². The third-order valence-electron chi connectivity index (χ3n) is 3.67. The summed E-state index contributed by atoms with van der Waals surface area (Å²) in [6, 6.07) is 4.02. The van der Waals surface area contributed by atoms with Crippen LogP contribution < -0.4 is 10.1 Å². The van der Waals surface area contributed by atoms with Crippen LogP contribution in [0.4, 0.5) is 0 Å². The van der Waals surface area contributed by atoms with Crippen molar-refractivity contribution in [2.45, 2.75) is 55.9 Å². The molecule has 1 aliphatic heterocycles. The molecule has 2 N–H and O–H groups in total. The maximum atomic E-state index is 12.4. The van der Waals surface area contributed by atoms with E-state index in [4.69, 9.17) is 0 Å². The van der Waals surface area contributed by atoms with Crippen molar-refractivity contribution in [1.82, 2.24) is 15.2 Å². The minimum Gasteiger partial charge on any atom is -0.315 e. The van der Waals surface area contributed by atoms with Gasteiger partial charge in [0.25, 0.3) is 10.0 Å². The molecule has 0 saturated carbocycles. The molecule has 0 radical (unpaired) electrons. The maximum absolute atomic E-state index is 12.4. The molecular formula is C13H23N3O2S2. The van der Waals surface area contributed by atoms with Crippen molar-refractivity contribution in [3.05, 3.63) is 17.0 Å². The zero-order chi connectivity index (χ0) is 14.8. The van der Waals surface area contributed by atoms with Crippen molar-refractivity contribution in [3.63, 3.8) is 0 Å². The van der Waals surface area contributed by atoms with Crippen LogP contribution in [0.15, 0.2) is 16.3 Å². The number of piperidine rings is 1. The summed E-state index contributed by atoms with van der Waals surface area (Å²) in [6.45, 7) is 4.83. The second-order valence-electron chi connectivity index (χ2n) is 5.38. The van der Waals surface area contributed by atoms with Crippen molar-refractivity contribution < 1.29 is 8.42 Å². The SMILES string of the molecule is CNCc1ccc(S(=O)(=O)NN2C(C)CCCC2C)s1. The first kappa shape index (κ1) is 15.9. The van der Waals surface area contributed by atoms with Crippen LogP contribution in [0.25, 0.3) is 0 Å². The van der Waals surface area contributed by atoms with Gasteiger partial charge in [0.2, 0.25) is 0 Å². The quantitative estimate of drug-likeness (QED) is 0.871. The molecule has 20 heavy (non-hydrogen) atoms. The lowest BCUT2D eigenvalue weighted by Gasteiger charge is -2.38. The van der Waals surface area contributed by atoms with E-state index in [1.54, 1.807) is 6.07 Å². The monoisotopic (exact) mass is 317 g/mol. The summed E-state index contributed by atoms with van der Waals surface area (Å²) in [7, 11) is -1.61. The molecule has 1 aliphatic rings. The zero-order valence-electron chi connectivity index (χ0n) is 12.2. The molecule has 2 heterocycles. The molecule has 1 saturated heterocycles. The Hall–Kier alpha value is -0.470. The fourth-order valence-electron chi connectivity index (χ4n) is 2.56. The zero-order valence-corrected chi connectivity index (χ0v) is 13.9. The van der Waals surface area contributed by atoms with Crippen LogP contribution in [0, 0.1) is 0 Å². The van der Waals surface area contributed by atoms with E-state index in [-0.39, 0.29) is 12.1 Å². The van der Waals surface area contributed by atoms with Crippen molar-refractivity contribution in [2.24, 2.45) is 0 Å². The van der Waals surface area contributed by atoms with Gasteiger partial charge in [-0.2, -0.15) is 0 Å². The van der Waals surface area contributed by atoms with Gasteiger partial charge in [-0.15, -0.1) is 16.2 Å². The van der Waals surface area contributed by atoms with Crippen molar-refractivity contribution in [3.8, 4) is 0 Å². The normalized spacial score (nSPS) is 24.9. The Kier molecular flexibility index (Phi) is 5.19. The number of nitrogens with zero attached hydrogens (tertiary/aromatic N) is 1. The predicted molar refractivity (Wildman–Crippen MR) is 82.0 cm³/mol. The summed E-state index contributed by atoms with van der Waals surface area (Å²) in [4.78, 5) is 3.78. The Labute approximate surface area is 125 Å². The molecule has 0 aromatic carbocycles. The minimum absolute atomic E-state index is 0.241. The van der Waals surface area contributed by atoms with Gasteiger partial charge in [0.1, 0.15) is 4.21 Å². The molecule has 1 aromatic rings. The Bertz CT molecular complexity index is 532. The lowest BCUT2D eigenvalue weighted by molar-refractivity contribution is 0.0791. The second kappa shape index (κ2) is 6.53. The third kappa shape index (κ3) is 3.59. The number of nitrogens with one attached hydrogen (secondary N) is 2. The van der Waals surface area contributed by atoms with Crippen LogP contribution in [0.2, 0.25) is 0 Å². The summed E-state index contributed by atoms with van der Waals surface area (Å²) >= 11 is 1.32. The number of rotatable bonds is 5. The van der Waals surface area contributed by atoms with E-state index in [1.807, 2.05) is 18.1 Å². The average Bonchev–Trinajstić information content (AvgIpc) is 2.84. The van der Waals surface area contributed by atoms with Gasteiger partial charge < -0.3 is 5.32 Å². The lowest BCUT2D eigenvalue weighted by atomic mass is 10.0. The van der Waals surface area contributed by atoms with Gasteiger partial charge in [-0.1, -0.05) is 6.42 Å². The number of sulfonamides is 1. The largest absolute Gasteiger partial charge is 0.315 e. The second-order valence-corrected chi connectivity index (χ2v) is 8.44. The molecule has 2 atom stereocenters. The van der Waals surface area contributed by atoms with Gasteiger partial charge in [0.05, 0.1) is 0 Å². The molecular weight excluding hydrogens is 294 g/mol. The Balaban J connectivity index is 2.13. The van der Waals surface area contributed by atoms with Crippen molar-refractivity contribution in [1.29, 1.82) is 0 Å². The third-order valence-corrected chi connectivity index (χ3v) is 6.58. The fraction of sp³-hybridized carbons (Fsp3) is 0.692. The standard InChI is InChI=1S/C13H23N3O2S2/c1-10-5-4-6-11(2)16(10)15-20(17,18)13-8-7-12(19-13)9-14-3/h7-8,10-11,14-15H,4-6,9H2,1-3H3. The van der Waals surface area contributed by atoms with E-state index in [9.17, 15) is 8.42 Å². The molecule has 1 aromatic heterocycles. The summed E-state index contributed by atoms with van der Waals surface area (Å²) in [5.74, 6) is 0. The Morgan fingerprint density at radius 2 is 1.95 bits per heavy atom. The summed E-state index contributed by atoms with van der Waals surface area (Å²) in [5, 5.41) is 4.91. The maximum Gasteiger partial charge on any atom is 0.262 e. The van der Waals surface area contributed by atoms with Gasteiger partial charge in [0.15, 0.2) is 0 Å². The van der Waals surface area contributed by atoms with Gasteiger partial charge in [-0.25, -0.2) is 13.4 Å². The van der Waals surface area contributed by atoms with Crippen LogP contribution in [0.1, 0.15) is 38.0 Å². The number of hydrogen-bond acceptors (Lipinski definition) is 5. The molecule has 114 valence electrons. The highest BCUT2D eigenvalue weighted by molar-refractivity contribution is 7.91. The van der Waals surface area contributed by atoms with E-state index in [0.717, 1.165) is 24.1 Å². The van der Waals surface area contributed by atoms with Gasteiger partial charge >= 0.3 is 0 Å². The predicted octanol–water partition coefficient (Wildman–Crippen LogP) is 1.92. The first-order chi connectivity index (χ1) is 9.44. The topological polar surface area (TPSA) is 61.4 Å². The van der Waals surface area contributed by atoms with E-state index in [0.29, 0.717) is 10.8 Å². The number of hydrazine groups is 1. The highest BCUT2D eigenvalue weighted by Crippen LogP contribution is 2.25. The van der Waals surface area contributed by atoms with Gasteiger partial charge in [0, 0.05) is 23.5 Å². The fourth-order valence-corrected chi connectivity index (χ4v) is 5.15. The van der Waals surface area contributed by atoms with E-state index in [1.165, 1.54) is 11.3 Å². The molecule has 5 nitrogen and oxygen atoms in total. The van der Waals surface area contributed by atoms with Crippen molar-refractivity contribution >= 4 is 21.4 Å². The van der Waals surface area contributed by atoms with E-state index in [2.05, 4.69) is 24.0 Å². The minimum atomic E-state index is -3.46. The summed E-state index contributed by atoms with van der Waals surface area (Å²) < 4.78 is 25.3. The van der Waals surface area contributed by atoms with Crippen LogP contribution in [0.3, 0.4) is 0 Å². The summed E-state index contributed by atoms with van der Waals surface area (Å²) in [6.07, 6.45) is 3.22. The molecule has 0 aliphatic carbocycles. The molecule has 2 rings (SSSR count). The first-order valence-corrected chi connectivity index (χ1v) is 9.28. The Morgan fingerprint density at radius 3 is 2.55 bits per heavy atom. The van der Waals surface area contributed by atoms with Crippen LogP contribution in [0.5, 0.6) is 0 Å².